The molecule has 0 radical (unpaired) electrons. The fourth-order valence-electron chi connectivity index (χ4n) is 3.36. The lowest BCUT2D eigenvalue weighted by molar-refractivity contribution is -0.133. The minimum atomic E-state index is 0.0260. The Morgan fingerprint density at radius 3 is 2.90 bits per heavy atom. The summed E-state index contributed by atoms with van der Waals surface area (Å²) >= 11 is 1.81. The molecular weight excluding hydrogens is 268 g/mol. The van der Waals surface area contributed by atoms with E-state index < -0.39 is 0 Å². The van der Waals surface area contributed by atoms with Crippen LogP contribution in [0.1, 0.15) is 30.4 Å². The standard InChI is InChI=1S/C16H22N2OS/c1-11-5-3-4-6-14(11)13-7-12(2)18(8-13)16(19)15-9-20-10-17-15/h3-6,12-13,15,17H,7-10H2,1-2H3/t12-,13-,15-/m1/s1. The first-order chi connectivity index (χ1) is 9.66. The van der Waals surface area contributed by atoms with Crippen LogP contribution in [-0.2, 0) is 4.79 Å². The van der Waals surface area contributed by atoms with Crippen LogP contribution in [0.4, 0.5) is 0 Å². The first-order valence-electron chi connectivity index (χ1n) is 7.34. The summed E-state index contributed by atoms with van der Waals surface area (Å²) in [5, 5.41) is 3.29. The van der Waals surface area contributed by atoms with E-state index in [-0.39, 0.29) is 6.04 Å². The van der Waals surface area contributed by atoms with Crippen molar-refractivity contribution in [1.82, 2.24) is 10.2 Å². The van der Waals surface area contributed by atoms with Gasteiger partial charge in [-0.25, -0.2) is 0 Å². The maximum Gasteiger partial charge on any atom is 0.240 e. The summed E-state index contributed by atoms with van der Waals surface area (Å²) in [6, 6.07) is 8.94. The second-order valence-corrected chi connectivity index (χ2v) is 6.93. The number of thioether (sulfide) groups is 1. The van der Waals surface area contributed by atoms with Gasteiger partial charge in [0, 0.05) is 30.1 Å². The van der Waals surface area contributed by atoms with Crippen molar-refractivity contribution >= 4 is 17.7 Å². The van der Waals surface area contributed by atoms with Crippen LogP contribution in [0.3, 0.4) is 0 Å². The van der Waals surface area contributed by atoms with Crippen LogP contribution in [-0.4, -0.2) is 41.1 Å². The maximum atomic E-state index is 12.6. The van der Waals surface area contributed by atoms with Crippen LogP contribution in [0.2, 0.25) is 0 Å². The van der Waals surface area contributed by atoms with Crippen molar-refractivity contribution < 1.29 is 4.79 Å². The van der Waals surface area contributed by atoms with Crippen LogP contribution in [0.25, 0.3) is 0 Å². The molecule has 3 nitrogen and oxygen atoms in total. The van der Waals surface area contributed by atoms with Crippen molar-refractivity contribution in [2.75, 3.05) is 18.2 Å². The summed E-state index contributed by atoms with van der Waals surface area (Å²) in [7, 11) is 0. The SMILES string of the molecule is Cc1ccccc1[C@@H]1C[C@@H](C)N(C(=O)[C@H]2CSCN2)C1. The highest BCUT2D eigenvalue weighted by Gasteiger charge is 2.37. The van der Waals surface area contributed by atoms with E-state index in [4.69, 9.17) is 0 Å². The molecule has 2 saturated heterocycles. The number of aryl methyl sites for hydroxylation is 1. The molecule has 2 fully saturated rings. The monoisotopic (exact) mass is 290 g/mol. The molecular formula is C16H22N2OS. The molecule has 4 heteroatoms. The highest BCUT2D eigenvalue weighted by atomic mass is 32.2. The molecule has 2 aliphatic heterocycles. The van der Waals surface area contributed by atoms with E-state index in [0.29, 0.717) is 17.9 Å². The second kappa shape index (κ2) is 5.78. The predicted octanol–water partition coefficient (Wildman–Crippen LogP) is 2.36. The van der Waals surface area contributed by atoms with Crippen LogP contribution < -0.4 is 5.32 Å². The van der Waals surface area contributed by atoms with E-state index >= 15 is 0 Å². The van der Waals surface area contributed by atoms with Gasteiger partial charge in [-0.1, -0.05) is 24.3 Å². The van der Waals surface area contributed by atoms with Gasteiger partial charge in [-0.3, -0.25) is 10.1 Å². The molecule has 1 N–H and O–H groups in total. The topological polar surface area (TPSA) is 32.3 Å². The van der Waals surface area contributed by atoms with Crippen molar-refractivity contribution in [2.45, 2.75) is 38.3 Å². The number of nitrogens with zero attached hydrogens (tertiary/aromatic N) is 1. The molecule has 20 heavy (non-hydrogen) atoms. The summed E-state index contributed by atoms with van der Waals surface area (Å²) in [5.41, 5.74) is 2.75. The second-order valence-electron chi connectivity index (χ2n) is 5.90. The third-order valence-electron chi connectivity index (χ3n) is 4.50. The molecule has 2 heterocycles. The number of amides is 1. The summed E-state index contributed by atoms with van der Waals surface area (Å²) in [6.07, 6.45) is 1.08. The van der Waals surface area contributed by atoms with Gasteiger partial charge in [0.05, 0.1) is 6.04 Å². The molecule has 0 spiro atoms. The zero-order valence-electron chi connectivity index (χ0n) is 12.1. The van der Waals surface area contributed by atoms with Gasteiger partial charge in [-0.2, -0.15) is 0 Å². The summed E-state index contributed by atoms with van der Waals surface area (Å²) < 4.78 is 0. The van der Waals surface area contributed by atoms with E-state index in [9.17, 15) is 4.79 Å². The highest BCUT2D eigenvalue weighted by Crippen LogP contribution is 2.33. The molecule has 3 atom stereocenters. The van der Waals surface area contributed by atoms with Crippen LogP contribution in [0, 0.1) is 6.92 Å². The van der Waals surface area contributed by atoms with E-state index in [1.807, 2.05) is 11.8 Å². The smallest absolute Gasteiger partial charge is 0.240 e. The predicted molar refractivity (Wildman–Crippen MR) is 84.0 cm³/mol. The van der Waals surface area contributed by atoms with Crippen molar-refractivity contribution in [2.24, 2.45) is 0 Å². The number of carbonyl (C=O) groups is 1. The fraction of sp³-hybridized carbons (Fsp3) is 0.562. The number of likely N-dealkylation sites (tertiary alicyclic amines) is 1. The van der Waals surface area contributed by atoms with Crippen LogP contribution in [0.15, 0.2) is 24.3 Å². The van der Waals surface area contributed by atoms with Gasteiger partial charge in [-0.15, -0.1) is 11.8 Å². The molecule has 1 aromatic rings. The van der Waals surface area contributed by atoms with Gasteiger partial charge in [0.1, 0.15) is 0 Å². The minimum absolute atomic E-state index is 0.0260. The molecule has 2 aliphatic rings. The Morgan fingerprint density at radius 1 is 1.40 bits per heavy atom. The number of rotatable bonds is 2. The zero-order valence-corrected chi connectivity index (χ0v) is 13.0. The summed E-state index contributed by atoms with van der Waals surface area (Å²) in [5.74, 6) is 2.60. The lowest BCUT2D eigenvalue weighted by Gasteiger charge is -2.24. The average molecular weight is 290 g/mol. The third-order valence-corrected chi connectivity index (χ3v) is 5.44. The fourth-order valence-corrected chi connectivity index (χ4v) is 4.30. The number of hydrogen-bond acceptors (Lipinski definition) is 3. The number of benzene rings is 1. The lowest BCUT2D eigenvalue weighted by atomic mass is 9.93. The molecule has 0 bridgehead atoms. The Labute approximate surface area is 125 Å². The molecule has 0 aliphatic carbocycles. The number of nitrogens with one attached hydrogen (secondary N) is 1. The Morgan fingerprint density at radius 2 is 2.20 bits per heavy atom. The van der Waals surface area contributed by atoms with Crippen LogP contribution >= 0.6 is 11.8 Å². The normalized spacial score (nSPS) is 29.9. The van der Waals surface area contributed by atoms with Crippen molar-refractivity contribution in [1.29, 1.82) is 0 Å². The Hall–Kier alpha value is -1.000. The van der Waals surface area contributed by atoms with E-state index in [1.54, 1.807) is 0 Å². The van der Waals surface area contributed by atoms with Gasteiger partial charge in [-0.05, 0) is 31.4 Å². The van der Waals surface area contributed by atoms with E-state index in [2.05, 4.69) is 48.3 Å². The van der Waals surface area contributed by atoms with Gasteiger partial charge in [0.2, 0.25) is 5.91 Å². The Balaban J connectivity index is 1.73. The lowest BCUT2D eigenvalue weighted by Crippen LogP contribution is -2.46. The van der Waals surface area contributed by atoms with E-state index in [1.165, 1.54) is 11.1 Å². The third kappa shape index (κ3) is 2.59. The largest absolute Gasteiger partial charge is 0.338 e. The molecule has 0 unspecified atom stereocenters. The quantitative estimate of drug-likeness (QED) is 0.907. The molecule has 108 valence electrons. The van der Waals surface area contributed by atoms with Gasteiger partial charge >= 0.3 is 0 Å². The van der Waals surface area contributed by atoms with Crippen molar-refractivity contribution in [3.63, 3.8) is 0 Å². The highest BCUT2D eigenvalue weighted by molar-refractivity contribution is 7.99. The number of carbonyl (C=O) groups excluding carboxylic acids is 1. The molecule has 0 aromatic heterocycles. The van der Waals surface area contributed by atoms with Gasteiger partial charge in [0.25, 0.3) is 0 Å². The Kier molecular flexibility index (Phi) is 4.03. The summed E-state index contributed by atoms with van der Waals surface area (Å²) in [4.78, 5) is 14.7. The van der Waals surface area contributed by atoms with Crippen molar-refractivity contribution in [3.05, 3.63) is 35.4 Å². The molecule has 3 rings (SSSR count). The maximum absolute atomic E-state index is 12.6. The first kappa shape index (κ1) is 14.0. The van der Waals surface area contributed by atoms with Gasteiger partial charge in [0.15, 0.2) is 0 Å². The molecule has 1 aromatic carbocycles. The van der Waals surface area contributed by atoms with E-state index in [0.717, 1.165) is 24.6 Å². The van der Waals surface area contributed by atoms with Crippen LogP contribution in [0.5, 0.6) is 0 Å². The van der Waals surface area contributed by atoms with Crippen molar-refractivity contribution in [3.8, 4) is 0 Å². The van der Waals surface area contributed by atoms with Gasteiger partial charge < -0.3 is 4.90 Å². The minimum Gasteiger partial charge on any atom is -0.338 e. The average Bonchev–Trinajstić information content (AvgIpc) is 3.08. The molecule has 0 saturated carbocycles. The number of hydrogen-bond donors (Lipinski definition) is 1. The molecule has 1 amide bonds. The Bertz CT molecular complexity index is 499. The first-order valence-corrected chi connectivity index (χ1v) is 8.49. The summed E-state index contributed by atoms with van der Waals surface area (Å²) in [6.45, 7) is 5.21. The zero-order chi connectivity index (χ0) is 14.1.